The van der Waals surface area contributed by atoms with Gasteiger partial charge in [0.1, 0.15) is 0 Å². The van der Waals surface area contributed by atoms with E-state index in [0.29, 0.717) is 22.9 Å². The fourth-order valence-electron chi connectivity index (χ4n) is 1.96. The summed E-state index contributed by atoms with van der Waals surface area (Å²) in [7, 11) is 1.96. The molecule has 104 valence electrons. The second kappa shape index (κ2) is 9.34. The SMILES string of the molecule is C=C(O)C(/C=C/C(C)CC(C)CNC)CC(=N)Br. The number of hydrogen-bond donors (Lipinski definition) is 3. The molecule has 3 nitrogen and oxygen atoms in total. The predicted octanol–water partition coefficient (Wildman–Crippen LogP) is 3.87. The molecule has 3 N–H and O–H groups in total. The number of nitrogens with one attached hydrogen (secondary N) is 2. The molecule has 0 spiro atoms. The van der Waals surface area contributed by atoms with Gasteiger partial charge in [0.15, 0.2) is 0 Å². The highest BCUT2D eigenvalue weighted by atomic mass is 79.9. The minimum Gasteiger partial charge on any atom is -0.512 e. The minimum absolute atomic E-state index is 0.117. The largest absolute Gasteiger partial charge is 0.512 e. The maximum absolute atomic E-state index is 9.47. The Balaban J connectivity index is 4.30. The van der Waals surface area contributed by atoms with Crippen molar-refractivity contribution in [2.75, 3.05) is 13.6 Å². The molecular formula is C14H25BrN2O. The second-order valence-corrected chi connectivity index (χ2v) is 5.92. The molecule has 0 fully saturated rings. The number of halogens is 1. The van der Waals surface area contributed by atoms with Crippen LogP contribution in [0.2, 0.25) is 0 Å². The van der Waals surface area contributed by atoms with Crippen LogP contribution < -0.4 is 5.32 Å². The lowest BCUT2D eigenvalue weighted by molar-refractivity contribution is 0.361. The summed E-state index contributed by atoms with van der Waals surface area (Å²) in [4.78, 5) is 0. The maximum atomic E-state index is 9.47. The van der Waals surface area contributed by atoms with Crippen molar-refractivity contribution in [3.8, 4) is 0 Å². The Bertz CT molecular complexity index is 302. The Hall–Kier alpha value is -0.610. The number of aliphatic hydroxyl groups excluding tert-OH is 1. The third-order valence-corrected chi connectivity index (χ3v) is 3.15. The van der Waals surface area contributed by atoms with Crippen LogP contribution in [0.5, 0.6) is 0 Å². The summed E-state index contributed by atoms with van der Waals surface area (Å²) in [5.74, 6) is 1.03. The molecule has 0 amide bonds. The van der Waals surface area contributed by atoms with Gasteiger partial charge >= 0.3 is 0 Å². The van der Waals surface area contributed by atoms with E-state index in [2.05, 4.69) is 47.7 Å². The lowest BCUT2D eigenvalue weighted by Crippen LogP contribution is -2.17. The third-order valence-electron chi connectivity index (χ3n) is 2.83. The minimum atomic E-state index is -0.168. The van der Waals surface area contributed by atoms with Crippen molar-refractivity contribution in [2.45, 2.75) is 26.7 Å². The first-order valence-corrected chi connectivity index (χ1v) is 7.09. The van der Waals surface area contributed by atoms with Crippen LogP contribution in [0.3, 0.4) is 0 Å². The molecule has 0 saturated carbocycles. The molecule has 0 aromatic heterocycles. The molecule has 0 heterocycles. The van der Waals surface area contributed by atoms with Crippen LogP contribution in [0.4, 0.5) is 0 Å². The maximum Gasteiger partial charge on any atom is 0.0923 e. The number of rotatable bonds is 9. The zero-order valence-corrected chi connectivity index (χ0v) is 13.1. The number of allylic oxidation sites excluding steroid dienone is 2. The Kier molecular flexibility index (Phi) is 9.02. The molecule has 3 unspecified atom stereocenters. The van der Waals surface area contributed by atoms with Gasteiger partial charge in [0.25, 0.3) is 0 Å². The van der Waals surface area contributed by atoms with E-state index in [0.717, 1.165) is 13.0 Å². The van der Waals surface area contributed by atoms with E-state index in [1.165, 1.54) is 0 Å². The average Bonchev–Trinajstić information content (AvgIpc) is 2.23. The highest BCUT2D eigenvalue weighted by Crippen LogP contribution is 2.19. The molecule has 18 heavy (non-hydrogen) atoms. The van der Waals surface area contributed by atoms with E-state index in [-0.39, 0.29) is 11.7 Å². The summed E-state index contributed by atoms with van der Waals surface area (Å²) >= 11 is 3.10. The van der Waals surface area contributed by atoms with Crippen LogP contribution in [-0.2, 0) is 0 Å². The van der Waals surface area contributed by atoms with E-state index in [4.69, 9.17) is 5.41 Å². The highest BCUT2D eigenvalue weighted by molar-refractivity contribution is 9.18. The first kappa shape index (κ1) is 17.4. The van der Waals surface area contributed by atoms with Crippen molar-refractivity contribution in [1.29, 1.82) is 5.41 Å². The van der Waals surface area contributed by atoms with Gasteiger partial charge < -0.3 is 10.4 Å². The van der Waals surface area contributed by atoms with Gasteiger partial charge in [-0.25, -0.2) is 0 Å². The van der Waals surface area contributed by atoms with E-state index in [9.17, 15) is 5.11 Å². The van der Waals surface area contributed by atoms with Crippen LogP contribution in [0.25, 0.3) is 0 Å². The van der Waals surface area contributed by atoms with Crippen molar-refractivity contribution in [2.24, 2.45) is 17.8 Å². The Morgan fingerprint density at radius 1 is 1.44 bits per heavy atom. The molecule has 0 aromatic carbocycles. The number of hydrogen-bond acceptors (Lipinski definition) is 3. The lowest BCUT2D eigenvalue weighted by Gasteiger charge is -2.15. The summed E-state index contributed by atoms with van der Waals surface area (Å²) < 4.78 is 0.378. The van der Waals surface area contributed by atoms with E-state index in [1.54, 1.807) is 0 Å². The van der Waals surface area contributed by atoms with Gasteiger partial charge in [-0.05, 0) is 47.8 Å². The smallest absolute Gasteiger partial charge is 0.0923 e. The van der Waals surface area contributed by atoms with Crippen molar-refractivity contribution >= 4 is 20.6 Å². The molecular weight excluding hydrogens is 292 g/mol. The molecule has 0 bridgehead atoms. The van der Waals surface area contributed by atoms with Crippen LogP contribution in [0.1, 0.15) is 26.7 Å². The first-order chi connectivity index (χ1) is 8.36. The molecule has 0 saturated heterocycles. The summed E-state index contributed by atoms with van der Waals surface area (Å²) in [6, 6.07) is 0. The van der Waals surface area contributed by atoms with E-state index >= 15 is 0 Å². The summed E-state index contributed by atoms with van der Waals surface area (Å²) in [5.41, 5.74) is 0. The average molecular weight is 317 g/mol. The Labute approximate surface area is 119 Å². The van der Waals surface area contributed by atoms with Crippen LogP contribution in [-0.4, -0.2) is 23.3 Å². The predicted molar refractivity (Wildman–Crippen MR) is 82.5 cm³/mol. The monoisotopic (exact) mass is 316 g/mol. The molecule has 0 rings (SSSR count). The standard InChI is InChI=1S/C14H25BrN2O/c1-10(7-11(2)9-17-4)5-6-13(12(3)18)8-14(15)16/h5-6,10-11,13,16-18H,3,7-9H2,1-2,4H3/b6-5+,16-14?. The molecule has 0 aliphatic rings. The van der Waals surface area contributed by atoms with Gasteiger partial charge in [0.2, 0.25) is 0 Å². The molecule has 0 aromatic rings. The normalized spacial score (nSPS) is 16.4. The topological polar surface area (TPSA) is 56.1 Å². The van der Waals surface area contributed by atoms with Gasteiger partial charge in [-0.3, -0.25) is 5.41 Å². The third kappa shape index (κ3) is 8.48. The van der Waals surface area contributed by atoms with Gasteiger partial charge in [-0.1, -0.05) is 32.6 Å². The fourth-order valence-corrected chi connectivity index (χ4v) is 2.31. The van der Waals surface area contributed by atoms with E-state index < -0.39 is 0 Å². The molecule has 4 heteroatoms. The van der Waals surface area contributed by atoms with Gasteiger partial charge in [0.05, 0.1) is 10.4 Å². The zero-order valence-electron chi connectivity index (χ0n) is 11.5. The second-order valence-electron chi connectivity index (χ2n) is 4.97. The Morgan fingerprint density at radius 3 is 2.50 bits per heavy atom. The van der Waals surface area contributed by atoms with Gasteiger partial charge in [-0.15, -0.1) is 0 Å². The lowest BCUT2D eigenvalue weighted by atomic mass is 9.94. The quantitative estimate of drug-likeness (QED) is 0.343. The molecule has 0 aliphatic heterocycles. The summed E-state index contributed by atoms with van der Waals surface area (Å²) in [6.07, 6.45) is 5.63. The van der Waals surface area contributed by atoms with Crippen molar-refractivity contribution < 1.29 is 5.11 Å². The zero-order chi connectivity index (χ0) is 14.1. The van der Waals surface area contributed by atoms with Crippen LogP contribution in [0.15, 0.2) is 24.5 Å². The first-order valence-electron chi connectivity index (χ1n) is 6.30. The summed E-state index contributed by atoms with van der Waals surface area (Å²) in [6.45, 7) is 8.95. The van der Waals surface area contributed by atoms with E-state index in [1.807, 2.05) is 13.1 Å². The molecule has 3 atom stereocenters. The van der Waals surface area contributed by atoms with Crippen LogP contribution in [0, 0.1) is 23.2 Å². The molecule has 0 aliphatic carbocycles. The number of aliphatic hydroxyl groups is 1. The van der Waals surface area contributed by atoms with Gasteiger partial charge in [-0.2, -0.15) is 0 Å². The Morgan fingerprint density at radius 2 is 2.06 bits per heavy atom. The van der Waals surface area contributed by atoms with Crippen molar-refractivity contribution in [3.63, 3.8) is 0 Å². The molecule has 0 radical (unpaired) electrons. The van der Waals surface area contributed by atoms with Crippen LogP contribution >= 0.6 is 15.9 Å². The van der Waals surface area contributed by atoms with Crippen molar-refractivity contribution in [3.05, 3.63) is 24.5 Å². The summed E-state index contributed by atoms with van der Waals surface area (Å²) in [5, 5.41) is 20.0. The fraction of sp³-hybridized carbons (Fsp3) is 0.643. The van der Waals surface area contributed by atoms with Crippen molar-refractivity contribution in [1.82, 2.24) is 5.32 Å². The van der Waals surface area contributed by atoms with Gasteiger partial charge in [0, 0.05) is 12.3 Å². The highest BCUT2D eigenvalue weighted by Gasteiger charge is 2.11.